The number of hydrogen-bond acceptors (Lipinski definition) is 4. The van der Waals surface area contributed by atoms with Gasteiger partial charge in [-0.3, -0.25) is 4.72 Å². The van der Waals surface area contributed by atoms with Crippen LogP contribution in [-0.2, 0) is 16.4 Å². The van der Waals surface area contributed by atoms with E-state index < -0.39 is 10.0 Å². The molecule has 0 aliphatic carbocycles. The van der Waals surface area contributed by atoms with Crippen LogP contribution >= 0.6 is 23.5 Å². The number of hydrogen-bond donors (Lipinski definition) is 1. The summed E-state index contributed by atoms with van der Waals surface area (Å²) in [5.41, 5.74) is 1.14. The molecule has 1 saturated heterocycles. The largest absolute Gasteiger partial charge is 0.257 e. The Kier molecular flexibility index (Phi) is 6.64. The molecule has 140 valence electrons. The van der Waals surface area contributed by atoms with Gasteiger partial charge in [0.15, 0.2) is 0 Å². The van der Waals surface area contributed by atoms with E-state index in [0.29, 0.717) is 18.0 Å². The van der Waals surface area contributed by atoms with Gasteiger partial charge < -0.3 is 0 Å². The molecule has 26 heavy (non-hydrogen) atoms. The van der Waals surface area contributed by atoms with Gasteiger partial charge in [-0.1, -0.05) is 42.8 Å². The van der Waals surface area contributed by atoms with Crippen molar-refractivity contribution in [2.45, 2.75) is 42.0 Å². The highest BCUT2D eigenvalue weighted by molar-refractivity contribution is 7.97. The molecule has 4 nitrogen and oxygen atoms in total. The molecule has 1 heterocycles. The average Bonchev–Trinajstić information content (AvgIpc) is 2.68. The molecule has 1 aliphatic heterocycles. The molecule has 0 saturated carbocycles. The van der Waals surface area contributed by atoms with Gasteiger partial charge >= 0.3 is 0 Å². The lowest BCUT2D eigenvalue weighted by atomic mass is 10.1. The number of sulfonamides is 1. The molecule has 0 atom stereocenters. The van der Waals surface area contributed by atoms with E-state index in [-0.39, 0.29) is 6.04 Å². The fourth-order valence-corrected chi connectivity index (χ4v) is 5.50. The zero-order chi connectivity index (χ0) is 18.6. The Labute approximate surface area is 165 Å². The SMILES string of the molecule is CCc1ccc(S(=O)(=O)N2CCC(NSc3ccccc3Cl)CC2)cc1. The van der Waals surface area contributed by atoms with Gasteiger partial charge in [-0.2, -0.15) is 4.31 Å². The Hall–Kier alpha value is -1.05. The van der Waals surface area contributed by atoms with Crippen molar-refractivity contribution in [1.29, 1.82) is 0 Å². The van der Waals surface area contributed by atoms with Crippen LogP contribution in [0.25, 0.3) is 0 Å². The summed E-state index contributed by atoms with van der Waals surface area (Å²) in [4.78, 5) is 1.37. The highest BCUT2D eigenvalue weighted by Gasteiger charge is 2.29. The van der Waals surface area contributed by atoms with Gasteiger partial charge in [-0.25, -0.2) is 8.42 Å². The first-order valence-electron chi connectivity index (χ1n) is 8.76. The number of aryl methyl sites for hydroxylation is 1. The van der Waals surface area contributed by atoms with Gasteiger partial charge in [-0.15, -0.1) is 0 Å². The summed E-state index contributed by atoms with van der Waals surface area (Å²) >= 11 is 7.68. The maximum atomic E-state index is 12.8. The third kappa shape index (κ3) is 4.61. The van der Waals surface area contributed by atoms with Crippen LogP contribution in [0.15, 0.2) is 58.3 Å². The van der Waals surface area contributed by atoms with Gasteiger partial charge in [0.05, 0.1) is 9.92 Å². The number of piperidine rings is 1. The summed E-state index contributed by atoms with van der Waals surface area (Å²) in [7, 11) is -3.41. The van der Waals surface area contributed by atoms with Crippen molar-refractivity contribution in [3.05, 3.63) is 59.1 Å². The molecule has 2 aromatic carbocycles. The van der Waals surface area contributed by atoms with Crippen molar-refractivity contribution in [3.63, 3.8) is 0 Å². The average molecular weight is 411 g/mol. The summed E-state index contributed by atoms with van der Waals surface area (Å²) in [5, 5.41) is 0.723. The quantitative estimate of drug-likeness (QED) is 0.719. The van der Waals surface area contributed by atoms with Gasteiger partial charge in [0.1, 0.15) is 0 Å². The standard InChI is InChI=1S/C19H23ClN2O2S2/c1-2-15-7-9-17(10-8-15)26(23,24)22-13-11-16(12-14-22)21-25-19-6-4-3-5-18(19)20/h3-10,16,21H,2,11-14H2,1H3. The molecule has 0 amide bonds. The predicted octanol–water partition coefficient (Wildman–Crippen LogP) is 4.35. The zero-order valence-electron chi connectivity index (χ0n) is 14.7. The van der Waals surface area contributed by atoms with Crippen LogP contribution in [-0.4, -0.2) is 31.9 Å². The molecular weight excluding hydrogens is 388 g/mol. The number of nitrogens with one attached hydrogen (secondary N) is 1. The van der Waals surface area contributed by atoms with E-state index in [0.717, 1.165) is 34.7 Å². The second-order valence-electron chi connectivity index (χ2n) is 6.33. The van der Waals surface area contributed by atoms with Crippen LogP contribution in [0.4, 0.5) is 0 Å². The minimum absolute atomic E-state index is 0.269. The Bertz CT molecular complexity index is 833. The first kappa shape index (κ1) is 19.7. The van der Waals surface area contributed by atoms with E-state index in [4.69, 9.17) is 11.6 Å². The van der Waals surface area contributed by atoms with Crippen molar-refractivity contribution in [2.75, 3.05) is 13.1 Å². The summed E-state index contributed by atoms with van der Waals surface area (Å²) in [5.74, 6) is 0. The molecule has 0 radical (unpaired) electrons. The third-order valence-corrected chi connectivity index (χ3v) is 7.98. The van der Waals surface area contributed by atoms with Crippen molar-refractivity contribution >= 4 is 33.6 Å². The fraction of sp³-hybridized carbons (Fsp3) is 0.368. The van der Waals surface area contributed by atoms with Crippen LogP contribution in [0.2, 0.25) is 5.02 Å². The van der Waals surface area contributed by atoms with Gasteiger partial charge in [-0.05, 0) is 61.0 Å². The third-order valence-electron chi connectivity index (χ3n) is 4.60. The molecule has 7 heteroatoms. The molecule has 0 aromatic heterocycles. The molecule has 0 bridgehead atoms. The summed E-state index contributed by atoms with van der Waals surface area (Å²) in [6.07, 6.45) is 2.47. The first-order valence-corrected chi connectivity index (χ1v) is 11.4. The Balaban J connectivity index is 1.56. The molecule has 1 aliphatic rings. The summed E-state index contributed by atoms with van der Waals surface area (Å²) < 4.78 is 30.6. The number of nitrogens with zero attached hydrogens (tertiary/aromatic N) is 1. The normalized spacial score (nSPS) is 16.7. The second kappa shape index (κ2) is 8.76. The highest BCUT2D eigenvalue weighted by Crippen LogP contribution is 2.27. The van der Waals surface area contributed by atoms with Crippen molar-refractivity contribution in [3.8, 4) is 0 Å². The van der Waals surface area contributed by atoms with Crippen molar-refractivity contribution < 1.29 is 8.42 Å². The Morgan fingerprint density at radius 1 is 1.12 bits per heavy atom. The molecule has 0 spiro atoms. The number of halogens is 1. The van der Waals surface area contributed by atoms with Crippen LogP contribution in [0.5, 0.6) is 0 Å². The molecule has 3 rings (SSSR count). The van der Waals surface area contributed by atoms with E-state index in [1.807, 2.05) is 36.4 Å². The summed E-state index contributed by atoms with van der Waals surface area (Å²) in [6.45, 7) is 3.11. The minimum Gasteiger partial charge on any atom is -0.257 e. The molecule has 1 fully saturated rings. The maximum absolute atomic E-state index is 12.8. The topological polar surface area (TPSA) is 49.4 Å². The van der Waals surface area contributed by atoms with Crippen molar-refractivity contribution in [1.82, 2.24) is 9.03 Å². The van der Waals surface area contributed by atoms with Crippen LogP contribution in [0, 0.1) is 0 Å². The smallest absolute Gasteiger partial charge is 0.243 e. The maximum Gasteiger partial charge on any atom is 0.243 e. The van der Waals surface area contributed by atoms with Crippen molar-refractivity contribution in [2.24, 2.45) is 0 Å². The van der Waals surface area contributed by atoms with Crippen LogP contribution in [0.1, 0.15) is 25.3 Å². The first-order chi connectivity index (χ1) is 12.5. The highest BCUT2D eigenvalue weighted by atomic mass is 35.5. The lowest BCUT2D eigenvalue weighted by Crippen LogP contribution is -2.43. The Morgan fingerprint density at radius 2 is 1.77 bits per heavy atom. The van der Waals surface area contributed by atoms with Crippen LogP contribution < -0.4 is 4.72 Å². The molecular formula is C19H23ClN2O2S2. The van der Waals surface area contributed by atoms with E-state index >= 15 is 0 Å². The van der Waals surface area contributed by atoms with Gasteiger partial charge in [0.2, 0.25) is 10.0 Å². The van der Waals surface area contributed by atoms with Gasteiger partial charge in [0.25, 0.3) is 0 Å². The monoisotopic (exact) mass is 410 g/mol. The van der Waals surface area contributed by atoms with E-state index in [1.54, 1.807) is 16.4 Å². The zero-order valence-corrected chi connectivity index (χ0v) is 17.1. The lowest BCUT2D eigenvalue weighted by Gasteiger charge is -2.31. The molecule has 0 unspecified atom stereocenters. The minimum atomic E-state index is -3.41. The van der Waals surface area contributed by atoms with E-state index in [2.05, 4.69) is 11.6 Å². The number of benzene rings is 2. The van der Waals surface area contributed by atoms with E-state index in [9.17, 15) is 8.42 Å². The van der Waals surface area contributed by atoms with Gasteiger partial charge in [0, 0.05) is 24.0 Å². The molecule has 1 N–H and O–H groups in total. The summed E-state index contributed by atoms with van der Waals surface area (Å²) in [6, 6.07) is 15.2. The Morgan fingerprint density at radius 3 is 2.38 bits per heavy atom. The fourth-order valence-electron chi connectivity index (χ4n) is 2.93. The predicted molar refractivity (Wildman–Crippen MR) is 108 cm³/mol. The second-order valence-corrected chi connectivity index (χ2v) is 9.55. The van der Waals surface area contributed by atoms with E-state index in [1.165, 1.54) is 11.9 Å². The van der Waals surface area contributed by atoms with Crippen LogP contribution in [0.3, 0.4) is 0 Å². The molecule has 2 aromatic rings. The number of rotatable bonds is 6. The lowest BCUT2D eigenvalue weighted by molar-refractivity contribution is 0.312.